The van der Waals surface area contributed by atoms with Gasteiger partial charge in [0.05, 0.1) is 6.26 Å². The summed E-state index contributed by atoms with van der Waals surface area (Å²) in [5, 5.41) is 6.40. The lowest BCUT2D eigenvalue weighted by Gasteiger charge is -2.30. The van der Waals surface area contributed by atoms with Gasteiger partial charge in [0.1, 0.15) is 5.76 Å². The maximum Gasteiger partial charge on any atom is 0.511 e. The van der Waals surface area contributed by atoms with Crippen LogP contribution in [0.15, 0.2) is 27.8 Å². The van der Waals surface area contributed by atoms with Crippen LogP contribution in [0.1, 0.15) is 31.9 Å². The highest BCUT2D eigenvalue weighted by Gasteiger charge is 2.50. The number of hydrogen-bond acceptors (Lipinski definition) is 4. The lowest BCUT2D eigenvalue weighted by molar-refractivity contribution is -0.0496. The fraction of sp³-hybridized carbons (Fsp3) is 0.706. The highest BCUT2D eigenvalue weighted by atomic mass is 127. The highest BCUT2D eigenvalue weighted by molar-refractivity contribution is 14.0. The van der Waals surface area contributed by atoms with Crippen molar-refractivity contribution in [3.05, 3.63) is 24.2 Å². The van der Waals surface area contributed by atoms with Gasteiger partial charge in [0.15, 0.2) is 5.96 Å². The molecule has 1 fully saturated rings. The van der Waals surface area contributed by atoms with Gasteiger partial charge in [0.25, 0.3) is 0 Å². The first kappa shape index (κ1) is 26.0. The Bertz CT molecular complexity index is 719. The number of nitrogens with zero attached hydrogens (tertiary/aromatic N) is 2. The summed E-state index contributed by atoms with van der Waals surface area (Å²) >= 11 is 0. The number of sulfonamides is 1. The second kappa shape index (κ2) is 12.0. The maximum atomic E-state index is 12.6. The van der Waals surface area contributed by atoms with E-state index >= 15 is 0 Å². The van der Waals surface area contributed by atoms with Gasteiger partial charge in [-0.2, -0.15) is 17.5 Å². The number of nitrogens with one attached hydrogen (secondary N) is 2. The van der Waals surface area contributed by atoms with E-state index in [2.05, 4.69) is 15.6 Å². The minimum Gasteiger partial charge on any atom is -0.469 e. The van der Waals surface area contributed by atoms with Gasteiger partial charge in [-0.1, -0.05) is 6.92 Å². The predicted molar refractivity (Wildman–Crippen MR) is 116 cm³/mol. The smallest absolute Gasteiger partial charge is 0.469 e. The molecular formula is C17H28F3IN4O3S. The van der Waals surface area contributed by atoms with Crippen molar-refractivity contribution in [2.24, 2.45) is 10.9 Å². The summed E-state index contributed by atoms with van der Waals surface area (Å²) in [6.07, 6.45) is 3.95. The van der Waals surface area contributed by atoms with Gasteiger partial charge in [0, 0.05) is 39.1 Å². The number of furan rings is 1. The number of guanidine groups is 1. The minimum atomic E-state index is -5.24. The molecule has 2 rings (SSSR count). The molecule has 0 unspecified atom stereocenters. The van der Waals surface area contributed by atoms with Crippen LogP contribution in [0.25, 0.3) is 0 Å². The molecule has 2 heterocycles. The number of aliphatic imine (C=N–C) groups is 1. The molecule has 0 amide bonds. The molecule has 0 spiro atoms. The zero-order valence-corrected chi connectivity index (χ0v) is 19.4. The van der Waals surface area contributed by atoms with E-state index in [0.717, 1.165) is 18.7 Å². The van der Waals surface area contributed by atoms with Gasteiger partial charge < -0.3 is 15.1 Å². The Kier molecular flexibility index (Phi) is 10.8. The topological polar surface area (TPSA) is 86.9 Å². The molecule has 0 bridgehead atoms. The Balaban J connectivity index is 0.00000420. The molecular weight excluding hydrogens is 524 g/mol. The van der Waals surface area contributed by atoms with Crippen LogP contribution in [0.3, 0.4) is 0 Å². The second-order valence-electron chi connectivity index (χ2n) is 6.67. The number of hydrogen-bond donors (Lipinski definition) is 2. The fourth-order valence-corrected chi connectivity index (χ4v) is 3.86. The predicted octanol–water partition coefficient (Wildman–Crippen LogP) is 2.95. The van der Waals surface area contributed by atoms with E-state index in [4.69, 9.17) is 4.42 Å². The quantitative estimate of drug-likeness (QED) is 0.295. The Morgan fingerprint density at radius 2 is 1.93 bits per heavy atom. The number of alkyl halides is 3. The summed E-state index contributed by atoms with van der Waals surface area (Å²) in [6, 6.07) is 3.71. The van der Waals surface area contributed by atoms with Crippen LogP contribution in [0.5, 0.6) is 0 Å². The third-order valence-electron chi connectivity index (χ3n) is 4.50. The van der Waals surface area contributed by atoms with Crippen LogP contribution in [0.2, 0.25) is 0 Å². The molecule has 1 saturated heterocycles. The maximum absolute atomic E-state index is 12.6. The van der Waals surface area contributed by atoms with E-state index in [1.54, 1.807) is 6.26 Å². The first-order chi connectivity index (χ1) is 13.2. The molecule has 1 aromatic rings. The first-order valence-electron chi connectivity index (χ1n) is 9.35. The molecule has 0 atom stereocenters. The molecule has 0 aromatic carbocycles. The van der Waals surface area contributed by atoms with Crippen molar-refractivity contribution in [2.75, 3.05) is 32.7 Å². The fourth-order valence-electron chi connectivity index (χ4n) is 2.88. The zero-order chi connectivity index (χ0) is 20.6. The average molecular weight is 552 g/mol. The summed E-state index contributed by atoms with van der Waals surface area (Å²) in [7, 11) is -5.24. The van der Waals surface area contributed by atoms with Gasteiger partial charge >= 0.3 is 15.5 Å². The summed E-state index contributed by atoms with van der Waals surface area (Å²) in [4.78, 5) is 4.51. The molecule has 0 radical (unpaired) electrons. The monoisotopic (exact) mass is 552 g/mol. The van der Waals surface area contributed by atoms with Gasteiger partial charge in [-0.3, -0.25) is 4.99 Å². The van der Waals surface area contributed by atoms with Crippen molar-refractivity contribution in [1.29, 1.82) is 0 Å². The van der Waals surface area contributed by atoms with Crippen molar-refractivity contribution in [3.8, 4) is 0 Å². The largest absolute Gasteiger partial charge is 0.511 e. The zero-order valence-electron chi connectivity index (χ0n) is 16.2. The molecule has 1 aliphatic heterocycles. The van der Waals surface area contributed by atoms with Crippen LogP contribution in [-0.4, -0.2) is 56.9 Å². The standard InChI is InChI=1S/C17H27F3N4O3S.HI/c1-2-8-21-16(22-9-5-15-4-3-12-27-15)23-13-14-6-10-24(11-7-14)28(25,26)17(18,19)20;/h3-4,12,14H,2,5-11,13H2,1H3,(H2,21,22,23);1H. The van der Waals surface area contributed by atoms with Gasteiger partial charge in [-0.05, 0) is 37.3 Å². The molecule has 1 aromatic heterocycles. The number of rotatable bonds is 8. The van der Waals surface area contributed by atoms with Crippen LogP contribution < -0.4 is 10.6 Å². The lowest BCUT2D eigenvalue weighted by atomic mass is 9.98. The lowest BCUT2D eigenvalue weighted by Crippen LogP contribution is -2.45. The van der Waals surface area contributed by atoms with Crippen LogP contribution >= 0.6 is 24.0 Å². The van der Waals surface area contributed by atoms with E-state index in [0.29, 0.717) is 42.6 Å². The van der Waals surface area contributed by atoms with Gasteiger partial charge in [0.2, 0.25) is 0 Å². The van der Waals surface area contributed by atoms with Crippen molar-refractivity contribution in [1.82, 2.24) is 14.9 Å². The second-order valence-corrected chi connectivity index (χ2v) is 8.59. The Morgan fingerprint density at radius 3 is 2.48 bits per heavy atom. The molecule has 168 valence electrons. The summed E-state index contributed by atoms with van der Waals surface area (Å²) in [6.45, 7) is 3.57. The van der Waals surface area contributed by atoms with Crippen molar-refractivity contribution in [2.45, 2.75) is 38.1 Å². The Morgan fingerprint density at radius 1 is 1.28 bits per heavy atom. The normalized spacial score (nSPS) is 17.0. The van der Waals surface area contributed by atoms with E-state index < -0.39 is 15.5 Å². The van der Waals surface area contributed by atoms with Gasteiger partial charge in [-0.25, -0.2) is 8.42 Å². The van der Waals surface area contributed by atoms with Gasteiger partial charge in [-0.15, -0.1) is 24.0 Å². The molecule has 29 heavy (non-hydrogen) atoms. The molecule has 7 nitrogen and oxygen atoms in total. The van der Waals surface area contributed by atoms with E-state index in [1.807, 2.05) is 19.1 Å². The van der Waals surface area contributed by atoms with E-state index in [-0.39, 0.29) is 43.0 Å². The number of piperidine rings is 1. The minimum absolute atomic E-state index is 0. The average Bonchev–Trinajstić information content (AvgIpc) is 3.16. The Labute approximate surface area is 186 Å². The SMILES string of the molecule is CCCNC(=NCC1CCN(S(=O)(=O)C(F)(F)F)CC1)NCCc1ccco1.I. The van der Waals surface area contributed by atoms with E-state index in [9.17, 15) is 21.6 Å². The third-order valence-corrected chi connectivity index (χ3v) is 6.13. The molecule has 2 N–H and O–H groups in total. The summed E-state index contributed by atoms with van der Waals surface area (Å²) in [5.41, 5.74) is -5.24. The molecule has 12 heteroatoms. The molecule has 0 aliphatic carbocycles. The van der Waals surface area contributed by atoms with Crippen LogP contribution in [0, 0.1) is 5.92 Å². The summed E-state index contributed by atoms with van der Waals surface area (Å²) in [5.74, 6) is 1.55. The van der Waals surface area contributed by atoms with Crippen molar-refractivity contribution >= 4 is 40.0 Å². The first-order valence-corrected chi connectivity index (χ1v) is 10.8. The van der Waals surface area contributed by atoms with Crippen molar-refractivity contribution in [3.63, 3.8) is 0 Å². The number of halogens is 4. The molecule has 1 aliphatic rings. The summed E-state index contributed by atoms with van der Waals surface area (Å²) < 4.78 is 66.6. The van der Waals surface area contributed by atoms with Crippen LogP contribution in [-0.2, 0) is 16.4 Å². The Hall–Kier alpha value is -1.02. The molecule has 0 saturated carbocycles. The van der Waals surface area contributed by atoms with Crippen LogP contribution in [0.4, 0.5) is 13.2 Å². The highest BCUT2D eigenvalue weighted by Crippen LogP contribution is 2.30. The van der Waals surface area contributed by atoms with E-state index in [1.165, 1.54) is 0 Å². The third kappa shape index (κ3) is 7.96. The van der Waals surface area contributed by atoms with Crippen molar-refractivity contribution < 1.29 is 26.0 Å².